The molecule has 0 saturated heterocycles. The molecule has 9 heteroatoms. The van der Waals surface area contributed by atoms with Gasteiger partial charge in [0, 0.05) is 30.1 Å². The molecule has 0 radical (unpaired) electrons. The highest BCUT2D eigenvalue weighted by Gasteiger charge is 2.22. The van der Waals surface area contributed by atoms with E-state index in [1.165, 1.54) is 16.2 Å². The second kappa shape index (κ2) is 11.4. The van der Waals surface area contributed by atoms with E-state index in [4.69, 9.17) is 0 Å². The van der Waals surface area contributed by atoms with E-state index in [2.05, 4.69) is 15.6 Å². The SMILES string of the molecule is CC(C)N(CC(=O)Nc1nc(CC(=O)NCCN(C)C)cs1)C(=O)c1ccccc1. The Kier molecular flexibility index (Phi) is 8.94. The van der Waals surface area contributed by atoms with Crippen molar-refractivity contribution < 1.29 is 14.4 Å². The number of carbonyl (C=O) groups excluding carboxylic acids is 3. The van der Waals surface area contributed by atoms with Crippen LogP contribution < -0.4 is 10.6 Å². The van der Waals surface area contributed by atoms with Crippen LogP contribution in [0.2, 0.25) is 0 Å². The Morgan fingerprint density at radius 3 is 2.43 bits per heavy atom. The van der Waals surface area contributed by atoms with E-state index >= 15 is 0 Å². The van der Waals surface area contributed by atoms with Crippen molar-refractivity contribution >= 4 is 34.2 Å². The van der Waals surface area contributed by atoms with Gasteiger partial charge in [-0.15, -0.1) is 11.3 Å². The Morgan fingerprint density at radius 1 is 1.10 bits per heavy atom. The Bertz CT molecular complexity index is 851. The molecular formula is C21H29N5O3S. The highest BCUT2D eigenvalue weighted by molar-refractivity contribution is 7.13. The molecule has 0 spiro atoms. The van der Waals surface area contributed by atoms with Crippen LogP contribution in [0, 0.1) is 0 Å². The number of nitrogens with one attached hydrogen (secondary N) is 2. The molecule has 30 heavy (non-hydrogen) atoms. The quantitative estimate of drug-likeness (QED) is 0.599. The van der Waals surface area contributed by atoms with Crippen LogP contribution in [0.5, 0.6) is 0 Å². The molecule has 0 unspecified atom stereocenters. The van der Waals surface area contributed by atoms with E-state index in [1.807, 2.05) is 38.9 Å². The summed E-state index contributed by atoms with van der Waals surface area (Å²) in [6.45, 7) is 4.98. The molecule has 0 aliphatic carbocycles. The molecule has 2 N–H and O–H groups in total. The molecule has 162 valence electrons. The third kappa shape index (κ3) is 7.57. The number of amides is 3. The predicted molar refractivity (Wildman–Crippen MR) is 119 cm³/mol. The first-order chi connectivity index (χ1) is 14.3. The topological polar surface area (TPSA) is 94.6 Å². The molecule has 0 bridgehead atoms. The summed E-state index contributed by atoms with van der Waals surface area (Å²) < 4.78 is 0. The molecule has 0 saturated carbocycles. The zero-order chi connectivity index (χ0) is 22.1. The Balaban J connectivity index is 1.89. The van der Waals surface area contributed by atoms with E-state index in [1.54, 1.807) is 29.6 Å². The highest BCUT2D eigenvalue weighted by atomic mass is 32.1. The normalized spacial score (nSPS) is 10.9. The van der Waals surface area contributed by atoms with Crippen LogP contribution in [0.25, 0.3) is 0 Å². The Labute approximate surface area is 181 Å². The maximum Gasteiger partial charge on any atom is 0.254 e. The minimum Gasteiger partial charge on any atom is -0.354 e. The van der Waals surface area contributed by atoms with Gasteiger partial charge in [-0.05, 0) is 40.1 Å². The second-order valence-electron chi connectivity index (χ2n) is 7.42. The van der Waals surface area contributed by atoms with Gasteiger partial charge in [0.15, 0.2) is 5.13 Å². The molecule has 1 heterocycles. The van der Waals surface area contributed by atoms with E-state index in [0.29, 0.717) is 22.9 Å². The molecule has 0 aliphatic rings. The summed E-state index contributed by atoms with van der Waals surface area (Å²) >= 11 is 1.25. The largest absolute Gasteiger partial charge is 0.354 e. The number of anilines is 1. The summed E-state index contributed by atoms with van der Waals surface area (Å²) in [6, 6.07) is 8.74. The van der Waals surface area contributed by atoms with Crippen molar-refractivity contribution in [2.45, 2.75) is 26.3 Å². The van der Waals surface area contributed by atoms with Crippen molar-refractivity contribution in [1.29, 1.82) is 0 Å². The van der Waals surface area contributed by atoms with Gasteiger partial charge in [-0.1, -0.05) is 18.2 Å². The molecule has 2 rings (SSSR count). The zero-order valence-electron chi connectivity index (χ0n) is 17.8. The lowest BCUT2D eigenvalue weighted by molar-refractivity contribution is -0.120. The lowest BCUT2D eigenvalue weighted by Gasteiger charge is -2.26. The average Bonchev–Trinajstić information content (AvgIpc) is 3.12. The summed E-state index contributed by atoms with van der Waals surface area (Å²) in [6.07, 6.45) is 0.157. The van der Waals surface area contributed by atoms with E-state index < -0.39 is 0 Å². The van der Waals surface area contributed by atoms with Crippen LogP contribution >= 0.6 is 11.3 Å². The molecule has 3 amide bonds. The van der Waals surface area contributed by atoms with Crippen LogP contribution in [0.1, 0.15) is 29.9 Å². The molecular weight excluding hydrogens is 402 g/mol. The molecule has 2 aromatic rings. The van der Waals surface area contributed by atoms with Crippen LogP contribution in [0.15, 0.2) is 35.7 Å². The van der Waals surface area contributed by atoms with Gasteiger partial charge in [0.05, 0.1) is 12.1 Å². The first-order valence-corrected chi connectivity index (χ1v) is 10.7. The summed E-state index contributed by atoms with van der Waals surface area (Å²) in [5.74, 6) is -0.640. The van der Waals surface area contributed by atoms with Crippen LogP contribution in [0.4, 0.5) is 5.13 Å². The summed E-state index contributed by atoms with van der Waals surface area (Å²) in [7, 11) is 3.88. The predicted octanol–water partition coefficient (Wildman–Crippen LogP) is 1.85. The lowest BCUT2D eigenvalue weighted by Crippen LogP contribution is -2.42. The average molecular weight is 432 g/mol. The van der Waals surface area contributed by atoms with Gasteiger partial charge in [0.2, 0.25) is 11.8 Å². The maximum absolute atomic E-state index is 12.7. The fourth-order valence-electron chi connectivity index (χ4n) is 2.64. The molecule has 1 aromatic heterocycles. The number of likely N-dealkylation sites (N-methyl/N-ethyl adjacent to an activating group) is 1. The van der Waals surface area contributed by atoms with Gasteiger partial charge in [-0.2, -0.15) is 0 Å². The lowest BCUT2D eigenvalue weighted by atomic mass is 10.1. The van der Waals surface area contributed by atoms with E-state index in [0.717, 1.165) is 6.54 Å². The number of hydrogen-bond donors (Lipinski definition) is 2. The van der Waals surface area contributed by atoms with Crippen LogP contribution in [-0.2, 0) is 16.0 Å². The van der Waals surface area contributed by atoms with Gasteiger partial charge < -0.3 is 20.4 Å². The van der Waals surface area contributed by atoms with Gasteiger partial charge >= 0.3 is 0 Å². The van der Waals surface area contributed by atoms with Crippen molar-refractivity contribution in [3.63, 3.8) is 0 Å². The third-order valence-corrected chi connectivity index (χ3v) is 5.05. The van der Waals surface area contributed by atoms with Gasteiger partial charge in [0.1, 0.15) is 6.54 Å². The summed E-state index contributed by atoms with van der Waals surface area (Å²) in [5, 5.41) is 7.71. The number of thiazole rings is 1. The number of nitrogens with zero attached hydrogens (tertiary/aromatic N) is 3. The molecule has 0 aliphatic heterocycles. The summed E-state index contributed by atoms with van der Waals surface area (Å²) in [4.78, 5) is 44.9. The van der Waals surface area contributed by atoms with Gasteiger partial charge in [-0.3, -0.25) is 14.4 Å². The Morgan fingerprint density at radius 2 is 1.80 bits per heavy atom. The molecule has 0 fully saturated rings. The van der Waals surface area contributed by atoms with Crippen LogP contribution in [-0.4, -0.2) is 72.3 Å². The molecule has 8 nitrogen and oxygen atoms in total. The Hall–Kier alpha value is -2.78. The minimum atomic E-state index is -0.329. The number of rotatable bonds is 10. The fourth-order valence-corrected chi connectivity index (χ4v) is 3.37. The van der Waals surface area contributed by atoms with Crippen molar-refractivity contribution in [1.82, 2.24) is 20.1 Å². The number of carbonyl (C=O) groups is 3. The standard InChI is InChI=1S/C21H29N5O3S/c1-15(2)26(20(29)16-8-6-5-7-9-16)13-19(28)24-21-23-17(14-30-21)12-18(27)22-10-11-25(3)4/h5-9,14-15H,10-13H2,1-4H3,(H,22,27)(H,23,24,28). The number of benzene rings is 1. The van der Waals surface area contributed by atoms with Crippen LogP contribution in [0.3, 0.4) is 0 Å². The first kappa shape index (κ1) is 23.5. The van der Waals surface area contributed by atoms with Crippen molar-refractivity contribution in [3.05, 3.63) is 47.0 Å². The van der Waals surface area contributed by atoms with Crippen molar-refractivity contribution in [2.75, 3.05) is 39.0 Å². The fraction of sp³-hybridized carbons (Fsp3) is 0.429. The molecule has 1 aromatic carbocycles. The second-order valence-corrected chi connectivity index (χ2v) is 8.27. The first-order valence-electron chi connectivity index (χ1n) is 9.78. The van der Waals surface area contributed by atoms with E-state index in [9.17, 15) is 14.4 Å². The monoisotopic (exact) mass is 431 g/mol. The van der Waals surface area contributed by atoms with E-state index in [-0.39, 0.29) is 36.7 Å². The van der Waals surface area contributed by atoms with Crippen molar-refractivity contribution in [3.8, 4) is 0 Å². The highest BCUT2D eigenvalue weighted by Crippen LogP contribution is 2.16. The number of hydrogen-bond acceptors (Lipinski definition) is 6. The zero-order valence-corrected chi connectivity index (χ0v) is 18.7. The molecule has 0 atom stereocenters. The minimum absolute atomic E-state index is 0.0780. The van der Waals surface area contributed by atoms with Gasteiger partial charge in [-0.25, -0.2) is 4.98 Å². The summed E-state index contributed by atoms with van der Waals surface area (Å²) in [5.41, 5.74) is 1.13. The number of aromatic nitrogens is 1. The van der Waals surface area contributed by atoms with Crippen molar-refractivity contribution in [2.24, 2.45) is 0 Å². The van der Waals surface area contributed by atoms with Gasteiger partial charge in [0.25, 0.3) is 5.91 Å². The third-order valence-electron chi connectivity index (χ3n) is 4.24. The smallest absolute Gasteiger partial charge is 0.254 e. The maximum atomic E-state index is 12.7.